The Bertz CT molecular complexity index is 335. The number of rotatable bonds is 17. The van der Waals surface area contributed by atoms with Crippen molar-refractivity contribution in [2.24, 2.45) is 0 Å². The lowest BCUT2D eigenvalue weighted by atomic mass is 10.4. The van der Waals surface area contributed by atoms with Gasteiger partial charge < -0.3 is 23.1 Å². The largest absolute Gasteiger partial charge is 0.395 e. The molecule has 0 heterocycles. The molecule has 0 aliphatic rings. The molecular weight excluding hydrogens is 360 g/mol. The minimum Gasteiger partial charge on any atom is -0.395 e. The number of hydrogen-bond acceptors (Lipinski definition) is 5. The maximum absolute atomic E-state index is 5.96. The van der Waals surface area contributed by atoms with Crippen molar-refractivity contribution < 1.29 is 13.6 Å². The molecule has 0 spiro atoms. The first-order valence-electron chi connectivity index (χ1n) is 10.5. The van der Waals surface area contributed by atoms with Crippen LogP contribution < -0.4 is 0 Å². The summed E-state index contributed by atoms with van der Waals surface area (Å²) >= 11 is 0. The summed E-state index contributed by atoms with van der Waals surface area (Å²) in [6.07, 6.45) is 1.16. The van der Waals surface area contributed by atoms with Crippen molar-refractivity contribution in [1.82, 2.24) is 9.47 Å². The summed E-state index contributed by atoms with van der Waals surface area (Å²) < 4.78 is 20.2. The van der Waals surface area contributed by atoms with Gasteiger partial charge in [0.05, 0.1) is 6.61 Å². The molecule has 0 radical (unpaired) electrons. The first-order valence-corrected chi connectivity index (χ1v) is 16.5. The second kappa shape index (κ2) is 14.3. The maximum Gasteiger partial charge on any atom is 0.334 e. The third-order valence-electron chi connectivity index (χ3n) is 4.80. The van der Waals surface area contributed by atoms with Gasteiger partial charge in [-0.15, -0.1) is 0 Å². The molecule has 0 atom stereocenters. The van der Waals surface area contributed by atoms with E-state index in [0.29, 0.717) is 0 Å². The Morgan fingerprint density at radius 2 is 1.35 bits per heavy atom. The van der Waals surface area contributed by atoms with Gasteiger partial charge in [-0.05, 0) is 52.9 Å². The molecule has 0 fully saturated rings. The highest BCUT2D eigenvalue weighted by molar-refractivity contribution is 6.73. The smallest absolute Gasteiger partial charge is 0.334 e. The Morgan fingerprint density at radius 3 is 1.81 bits per heavy atom. The summed E-state index contributed by atoms with van der Waals surface area (Å²) in [6.45, 7) is 26.7. The van der Waals surface area contributed by atoms with Crippen LogP contribution in [-0.4, -0.2) is 85.4 Å². The summed E-state index contributed by atoms with van der Waals surface area (Å²) in [7, 11) is -3.28. The van der Waals surface area contributed by atoms with E-state index in [1.54, 1.807) is 0 Å². The fraction of sp³-hybridized carbons (Fsp3) is 1.00. The lowest BCUT2D eigenvalue weighted by molar-refractivity contribution is 0.129. The van der Waals surface area contributed by atoms with Crippen LogP contribution in [0.5, 0.6) is 0 Å². The van der Waals surface area contributed by atoms with Gasteiger partial charge in [0, 0.05) is 39.5 Å². The molecule has 5 nitrogen and oxygen atoms in total. The molecule has 0 aliphatic heterocycles. The molecular formula is C19H46N2O3Si2. The van der Waals surface area contributed by atoms with Gasteiger partial charge in [0.25, 0.3) is 0 Å². The fourth-order valence-corrected chi connectivity index (χ4v) is 7.14. The van der Waals surface area contributed by atoms with Crippen molar-refractivity contribution >= 4 is 16.8 Å². The van der Waals surface area contributed by atoms with Gasteiger partial charge in [0.1, 0.15) is 8.24 Å². The highest BCUT2D eigenvalue weighted by Gasteiger charge is 2.30. The lowest BCUT2D eigenvalue weighted by Gasteiger charge is -2.36. The van der Waals surface area contributed by atoms with Crippen molar-refractivity contribution in [3.8, 4) is 0 Å². The molecule has 0 saturated carbocycles. The molecule has 0 rings (SSSR count). The van der Waals surface area contributed by atoms with Gasteiger partial charge >= 0.3 is 8.56 Å². The minimum atomic E-state index is -1.97. The van der Waals surface area contributed by atoms with Crippen LogP contribution in [0.25, 0.3) is 0 Å². The van der Waals surface area contributed by atoms with E-state index in [1.807, 2.05) is 0 Å². The third kappa shape index (κ3) is 11.8. The second-order valence-electron chi connectivity index (χ2n) is 7.89. The van der Waals surface area contributed by atoms with Crippen molar-refractivity contribution in [1.29, 1.82) is 0 Å². The van der Waals surface area contributed by atoms with Crippen LogP contribution in [0.4, 0.5) is 0 Å². The quantitative estimate of drug-likeness (QED) is 0.269. The molecule has 0 unspecified atom stereocenters. The standard InChI is InChI=1S/C19H46N2O3Si2/c1-9-20(14-13-19-26(8,23-11-3)24-12-4)15-16-21(25(5,6)7)17-18-22-10-2/h9-19H2,1-8H3. The van der Waals surface area contributed by atoms with Gasteiger partial charge in [-0.1, -0.05) is 26.6 Å². The summed E-state index contributed by atoms with van der Waals surface area (Å²) in [4.78, 5) is 2.57. The summed E-state index contributed by atoms with van der Waals surface area (Å²) in [6, 6.07) is 1.08. The zero-order valence-electron chi connectivity index (χ0n) is 18.9. The van der Waals surface area contributed by atoms with E-state index in [1.165, 1.54) is 0 Å². The topological polar surface area (TPSA) is 34.2 Å². The highest BCUT2D eigenvalue weighted by atomic mass is 28.4. The van der Waals surface area contributed by atoms with E-state index in [9.17, 15) is 0 Å². The molecule has 0 aliphatic carbocycles. The Balaban J connectivity index is 4.41. The Morgan fingerprint density at radius 1 is 0.731 bits per heavy atom. The SMILES string of the molecule is CCOCCN(CCN(CC)CCC[Si](C)(OCC)OCC)[Si](C)(C)C. The van der Waals surface area contributed by atoms with E-state index in [4.69, 9.17) is 13.6 Å². The van der Waals surface area contributed by atoms with E-state index < -0.39 is 16.8 Å². The van der Waals surface area contributed by atoms with Crippen LogP contribution in [0.1, 0.15) is 34.1 Å². The van der Waals surface area contributed by atoms with Crippen LogP contribution >= 0.6 is 0 Å². The van der Waals surface area contributed by atoms with Crippen LogP contribution in [-0.2, 0) is 13.6 Å². The molecule has 0 amide bonds. The molecule has 7 heteroatoms. The van der Waals surface area contributed by atoms with Gasteiger partial charge in [-0.3, -0.25) is 0 Å². The minimum absolute atomic E-state index is 0.755. The average molecular weight is 407 g/mol. The molecule has 0 aromatic rings. The predicted molar refractivity (Wildman–Crippen MR) is 118 cm³/mol. The number of nitrogens with zero attached hydrogens (tertiary/aromatic N) is 2. The van der Waals surface area contributed by atoms with Crippen molar-refractivity contribution in [2.75, 3.05) is 59.2 Å². The van der Waals surface area contributed by atoms with Crippen LogP contribution in [0.15, 0.2) is 0 Å². The monoisotopic (exact) mass is 406 g/mol. The Labute approximate surface area is 165 Å². The fourth-order valence-electron chi connectivity index (χ4n) is 3.21. The molecule has 0 N–H and O–H groups in total. The summed E-state index contributed by atoms with van der Waals surface area (Å²) in [5, 5.41) is 0. The van der Waals surface area contributed by atoms with Gasteiger partial charge in [-0.25, -0.2) is 0 Å². The van der Waals surface area contributed by atoms with Crippen molar-refractivity contribution in [3.05, 3.63) is 0 Å². The number of ether oxygens (including phenoxy) is 1. The highest BCUT2D eigenvalue weighted by Crippen LogP contribution is 2.16. The molecule has 0 saturated heterocycles. The predicted octanol–water partition coefficient (Wildman–Crippen LogP) is 4.02. The second-order valence-corrected chi connectivity index (χ2v) is 16.2. The molecule has 0 aromatic heterocycles. The third-order valence-corrected chi connectivity index (χ3v) is 10.2. The van der Waals surface area contributed by atoms with Crippen molar-refractivity contribution in [2.45, 2.75) is 66.3 Å². The van der Waals surface area contributed by atoms with Gasteiger partial charge in [-0.2, -0.15) is 0 Å². The summed E-state index contributed by atoms with van der Waals surface area (Å²) in [5.74, 6) is 0. The average Bonchev–Trinajstić information content (AvgIpc) is 2.55. The maximum atomic E-state index is 5.96. The first kappa shape index (κ1) is 26.2. The zero-order chi connectivity index (χ0) is 20.1. The summed E-state index contributed by atoms with van der Waals surface area (Å²) in [5.41, 5.74) is 0. The Kier molecular flexibility index (Phi) is 14.4. The number of hydrogen-bond donors (Lipinski definition) is 0. The molecule has 0 aromatic carbocycles. The van der Waals surface area contributed by atoms with Gasteiger partial charge in [0.2, 0.25) is 0 Å². The van der Waals surface area contributed by atoms with Crippen LogP contribution in [0.3, 0.4) is 0 Å². The molecule has 158 valence electrons. The van der Waals surface area contributed by atoms with E-state index in [0.717, 1.165) is 71.6 Å². The van der Waals surface area contributed by atoms with Crippen LogP contribution in [0, 0.1) is 0 Å². The Hall–Kier alpha value is 0.234. The van der Waals surface area contributed by atoms with E-state index in [-0.39, 0.29) is 0 Å². The molecule has 0 bridgehead atoms. The van der Waals surface area contributed by atoms with E-state index >= 15 is 0 Å². The van der Waals surface area contributed by atoms with Crippen LogP contribution in [0.2, 0.25) is 32.2 Å². The first-order chi connectivity index (χ1) is 12.2. The van der Waals surface area contributed by atoms with Gasteiger partial charge in [0.15, 0.2) is 0 Å². The normalized spacial score (nSPS) is 13.2. The zero-order valence-corrected chi connectivity index (χ0v) is 20.9. The molecule has 26 heavy (non-hydrogen) atoms. The lowest BCUT2D eigenvalue weighted by Crippen LogP contribution is -2.50. The van der Waals surface area contributed by atoms with E-state index in [2.05, 4.69) is 63.3 Å². The van der Waals surface area contributed by atoms with Crippen molar-refractivity contribution in [3.63, 3.8) is 0 Å². The number of likely N-dealkylation sites (N-methyl/N-ethyl adjacent to an activating group) is 1.